The van der Waals surface area contributed by atoms with Crippen molar-refractivity contribution in [1.82, 2.24) is 5.32 Å². The zero-order valence-corrected chi connectivity index (χ0v) is 16.4. The number of nitro groups is 1. The number of esters is 1. The molecule has 1 aromatic carbocycles. The number of Topliss-reactive ketones (excluding diaryl/α,β-unsaturated/α-hetero) is 1. The van der Waals surface area contributed by atoms with Crippen molar-refractivity contribution in [3.05, 3.63) is 50.5 Å². The topological polar surface area (TPSA) is 98.5 Å². The molecule has 1 N–H and O–H groups in total. The normalized spacial score (nSPS) is 11.3. The second-order valence-corrected chi connectivity index (χ2v) is 6.23. The van der Waals surface area contributed by atoms with Crippen LogP contribution in [0, 0.1) is 34.5 Å². The fraction of sp³-hybridized carbons (Fsp3) is 0.474. The van der Waals surface area contributed by atoms with Crippen molar-refractivity contribution < 1.29 is 32.4 Å². The van der Waals surface area contributed by atoms with Gasteiger partial charge in [0, 0.05) is 18.3 Å². The lowest BCUT2D eigenvalue weighted by atomic mass is 9.98. The molecule has 29 heavy (non-hydrogen) atoms. The first-order chi connectivity index (χ1) is 13.7. The molecule has 0 unspecified atom stereocenters. The molecule has 0 aliphatic carbocycles. The van der Waals surface area contributed by atoms with Gasteiger partial charge in [0.15, 0.2) is 5.82 Å². The largest absolute Gasteiger partial charge is 0.462 e. The molecule has 0 fully saturated rings. The van der Waals surface area contributed by atoms with Crippen LogP contribution in [0.3, 0.4) is 0 Å². The summed E-state index contributed by atoms with van der Waals surface area (Å²) in [6.07, 6.45) is 3.62. The number of nitrogens with zero attached hydrogens (tertiary/aromatic N) is 1. The van der Waals surface area contributed by atoms with E-state index in [-0.39, 0.29) is 6.61 Å². The number of nitrogens with one attached hydrogen (secondary N) is 1. The lowest BCUT2D eigenvalue weighted by Gasteiger charge is -2.11. The Balaban J connectivity index is 3.49. The van der Waals surface area contributed by atoms with Crippen molar-refractivity contribution in [2.75, 3.05) is 13.2 Å². The molecule has 160 valence electrons. The summed E-state index contributed by atoms with van der Waals surface area (Å²) >= 11 is 0. The van der Waals surface area contributed by atoms with Crippen LogP contribution in [0.4, 0.5) is 18.9 Å². The molecule has 0 amide bonds. The minimum absolute atomic E-state index is 0.0315. The van der Waals surface area contributed by atoms with E-state index < -0.39 is 56.5 Å². The Labute approximate surface area is 166 Å². The van der Waals surface area contributed by atoms with E-state index in [1.165, 1.54) is 0 Å². The van der Waals surface area contributed by atoms with Crippen LogP contribution in [0.15, 0.2) is 11.8 Å². The Morgan fingerprint density at radius 2 is 1.72 bits per heavy atom. The van der Waals surface area contributed by atoms with Gasteiger partial charge in [-0.15, -0.1) is 0 Å². The highest BCUT2D eigenvalue weighted by molar-refractivity contribution is 6.25. The van der Waals surface area contributed by atoms with Crippen LogP contribution in [0.25, 0.3) is 0 Å². The van der Waals surface area contributed by atoms with Crippen molar-refractivity contribution in [2.24, 2.45) is 0 Å². The maximum atomic E-state index is 14.6. The molecule has 10 heteroatoms. The third kappa shape index (κ3) is 5.78. The highest BCUT2D eigenvalue weighted by atomic mass is 19.2. The molecule has 0 aliphatic rings. The van der Waals surface area contributed by atoms with Crippen LogP contribution in [0.5, 0.6) is 0 Å². The molecular weight excluding hydrogens is 393 g/mol. The smallest absolute Gasteiger partial charge is 0.343 e. The monoisotopic (exact) mass is 416 g/mol. The van der Waals surface area contributed by atoms with Gasteiger partial charge in [-0.3, -0.25) is 14.9 Å². The zero-order chi connectivity index (χ0) is 22.1. The van der Waals surface area contributed by atoms with Gasteiger partial charge in [0.2, 0.25) is 11.6 Å². The van der Waals surface area contributed by atoms with Gasteiger partial charge < -0.3 is 10.1 Å². The van der Waals surface area contributed by atoms with Crippen LogP contribution in [-0.4, -0.2) is 29.8 Å². The first kappa shape index (κ1) is 24.1. The Morgan fingerprint density at radius 1 is 1.10 bits per heavy atom. The highest BCUT2D eigenvalue weighted by Crippen LogP contribution is 2.32. The van der Waals surface area contributed by atoms with E-state index in [1.807, 2.05) is 13.8 Å². The van der Waals surface area contributed by atoms with Crippen LogP contribution in [0.2, 0.25) is 0 Å². The number of halogens is 3. The molecule has 1 rings (SSSR count). The van der Waals surface area contributed by atoms with Gasteiger partial charge in [0.25, 0.3) is 0 Å². The van der Waals surface area contributed by atoms with Crippen molar-refractivity contribution in [3.8, 4) is 0 Å². The number of hydrogen-bond acceptors (Lipinski definition) is 6. The van der Waals surface area contributed by atoms with E-state index in [0.717, 1.165) is 19.5 Å². The van der Waals surface area contributed by atoms with E-state index in [1.54, 1.807) is 0 Å². The number of carbonyl (C=O) groups excluding carboxylic acids is 2. The summed E-state index contributed by atoms with van der Waals surface area (Å²) in [5, 5.41) is 13.9. The third-order valence-electron chi connectivity index (χ3n) is 4.04. The Bertz CT molecular complexity index is 825. The maximum absolute atomic E-state index is 14.6. The minimum Gasteiger partial charge on any atom is -0.462 e. The molecule has 0 aromatic heterocycles. The van der Waals surface area contributed by atoms with Gasteiger partial charge in [0.1, 0.15) is 17.0 Å². The number of nitro benzene ring substituents is 1. The first-order valence-corrected chi connectivity index (χ1v) is 9.15. The molecule has 0 saturated heterocycles. The standard InChI is InChI=1S/C19H23F3N2O5/c1-4-6-8-23-10-12(19(26)29-9-7-5-2)18(25)13-14(20)11(3)15(21)16(22)17(13)24(27)28/h10,23H,4-9H2,1-3H3. The predicted octanol–water partition coefficient (Wildman–Crippen LogP) is 4.12. The number of ether oxygens (including phenoxy) is 1. The number of ketones is 1. The first-order valence-electron chi connectivity index (χ1n) is 9.15. The maximum Gasteiger partial charge on any atom is 0.343 e. The molecule has 0 saturated carbocycles. The van der Waals surface area contributed by atoms with Gasteiger partial charge in [-0.05, 0) is 19.8 Å². The minimum atomic E-state index is -1.98. The lowest BCUT2D eigenvalue weighted by molar-refractivity contribution is -0.388. The quantitative estimate of drug-likeness (QED) is 0.0671. The highest BCUT2D eigenvalue weighted by Gasteiger charge is 2.37. The van der Waals surface area contributed by atoms with Crippen LogP contribution in [-0.2, 0) is 9.53 Å². The van der Waals surface area contributed by atoms with E-state index in [0.29, 0.717) is 25.8 Å². The van der Waals surface area contributed by atoms with Crippen molar-refractivity contribution in [3.63, 3.8) is 0 Å². The fourth-order valence-electron chi connectivity index (χ4n) is 2.34. The molecule has 0 heterocycles. The lowest BCUT2D eigenvalue weighted by Crippen LogP contribution is -2.23. The Kier molecular flexibility index (Phi) is 9.30. The van der Waals surface area contributed by atoms with Crippen molar-refractivity contribution in [2.45, 2.75) is 46.5 Å². The average Bonchev–Trinajstić information content (AvgIpc) is 2.68. The van der Waals surface area contributed by atoms with Crippen LogP contribution in [0.1, 0.15) is 55.5 Å². The third-order valence-corrected chi connectivity index (χ3v) is 4.04. The van der Waals surface area contributed by atoms with Crippen LogP contribution >= 0.6 is 0 Å². The van der Waals surface area contributed by atoms with Gasteiger partial charge in [-0.25, -0.2) is 13.6 Å². The van der Waals surface area contributed by atoms with Crippen molar-refractivity contribution >= 4 is 17.4 Å². The van der Waals surface area contributed by atoms with E-state index in [2.05, 4.69) is 5.32 Å². The number of unbranched alkanes of at least 4 members (excludes halogenated alkanes) is 2. The van der Waals surface area contributed by atoms with E-state index in [9.17, 15) is 32.9 Å². The summed E-state index contributed by atoms with van der Waals surface area (Å²) in [5.74, 6) is -7.98. The second-order valence-electron chi connectivity index (χ2n) is 6.23. The number of carbonyl (C=O) groups is 2. The summed E-state index contributed by atoms with van der Waals surface area (Å²) in [7, 11) is 0. The number of hydrogen-bond donors (Lipinski definition) is 1. The summed E-state index contributed by atoms with van der Waals surface area (Å²) < 4.78 is 47.3. The number of rotatable bonds is 11. The van der Waals surface area contributed by atoms with Gasteiger partial charge in [-0.1, -0.05) is 26.7 Å². The van der Waals surface area contributed by atoms with Gasteiger partial charge in [0.05, 0.1) is 11.5 Å². The molecule has 0 aliphatic heterocycles. The Hall–Kier alpha value is -2.91. The molecule has 0 spiro atoms. The van der Waals surface area contributed by atoms with Gasteiger partial charge in [-0.2, -0.15) is 4.39 Å². The fourth-order valence-corrected chi connectivity index (χ4v) is 2.34. The second kappa shape index (κ2) is 11.2. The van der Waals surface area contributed by atoms with Crippen LogP contribution < -0.4 is 5.32 Å². The van der Waals surface area contributed by atoms with E-state index >= 15 is 0 Å². The number of benzene rings is 1. The zero-order valence-electron chi connectivity index (χ0n) is 16.4. The predicted molar refractivity (Wildman–Crippen MR) is 98.9 cm³/mol. The van der Waals surface area contributed by atoms with Gasteiger partial charge >= 0.3 is 11.7 Å². The molecule has 0 radical (unpaired) electrons. The molecule has 0 atom stereocenters. The van der Waals surface area contributed by atoms with E-state index in [4.69, 9.17) is 4.74 Å². The molecule has 0 bridgehead atoms. The molecule has 7 nitrogen and oxygen atoms in total. The summed E-state index contributed by atoms with van der Waals surface area (Å²) in [6.45, 7) is 4.90. The SMILES string of the molecule is CCCCNC=C(C(=O)OCCCC)C(=O)c1c(F)c(C)c(F)c(F)c1[N+](=O)[O-]. The Morgan fingerprint density at radius 3 is 2.28 bits per heavy atom. The summed E-state index contributed by atoms with van der Waals surface area (Å²) in [5.41, 5.74) is -4.66. The molecule has 1 aromatic rings. The summed E-state index contributed by atoms with van der Waals surface area (Å²) in [6, 6.07) is 0. The average molecular weight is 416 g/mol. The summed E-state index contributed by atoms with van der Waals surface area (Å²) in [4.78, 5) is 34.9. The van der Waals surface area contributed by atoms with Crippen molar-refractivity contribution in [1.29, 1.82) is 0 Å². The molecular formula is C19H23F3N2O5.